The van der Waals surface area contributed by atoms with E-state index in [-0.39, 0.29) is 10.8 Å². The third-order valence-corrected chi connectivity index (χ3v) is 23.3. The molecule has 0 aliphatic heterocycles. The monoisotopic (exact) mass is 1400 g/mol. The first-order valence-electron chi connectivity index (χ1n) is 38.1. The normalized spacial score (nSPS) is 13.3. The van der Waals surface area contributed by atoms with Crippen molar-refractivity contribution in [2.75, 3.05) is 16.0 Å². The minimum absolute atomic E-state index is 0.284. The fourth-order valence-electron chi connectivity index (χ4n) is 18.7. The zero-order chi connectivity index (χ0) is 73.0. The molecule has 0 aromatic heterocycles. The molecule has 18 aromatic carbocycles. The summed E-state index contributed by atoms with van der Waals surface area (Å²) in [4.78, 5) is 0. The van der Waals surface area contributed by atoms with Crippen LogP contribution in [0.5, 0.6) is 0 Å². The summed E-state index contributed by atoms with van der Waals surface area (Å²) < 4.78 is 0. The van der Waals surface area contributed by atoms with E-state index in [1.165, 1.54) is 144 Å². The van der Waals surface area contributed by atoms with Gasteiger partial charge in [-0.15, -0.1) is 0 Å². The molecule has 0 bridgehead atoms. The quantitative estimate of drug-likeness (QED) is 0.121. The summed E-state index contributed by atoms with van der Waals surface area (Å²) in [7, 11) is 0. The lowest BCUT2D eigenvalue weighted by Gasteiger charge is -2.34. The third-order valence-electron chi connectivity index (χ3n) is 23.3. The Hall–Kier alpha value is -14.1. The molecule has 3 nitrogen and oxygen atoms in total. The second kappa shape index (κ2) is 27.3. The van der Waals surface area contributed by atoms with Crippen LogP contribution in [0.4, 0.5) is 34.1 Å². The minimum atomic E-state index is -0.397. The highest BCUT2D eigenvalue weighted by atomic mass is 14.9. The van der Waals surface area contributed by atoms with Crippen molar-refractivity contribution in [2.45, 2.75) is 16.2 Å². The largest absolute Gasteiger partial charge is 0.356 e. The van der Waals surface area contributed by atoms with Gasteiger partial charge in [-0.05, 0) is 211 Å². The van der Waals surface area contributed by atoms with Gasteiger partial charge < -0.3 is 16.0 Å². The average Bonchev–Trinajstić information content (AvgIpc) is 1.52. The second-order valence-electron chi connectivity index (χ2n) is 29.1. The van der Waals surface area contributed by atoms with E-state index in [2.05, 4.69) is 447 Å². The van der Waals surface area contributed by atoms with E-state index in [1.807, 2.05) is 6.07 Å². The van der Waals surface area contributed by atoms with Crippen molar-refractivity contribution in [2.24, 2.45) is 0 Å². The Kier molecular flexibility index (Phi) is 16.3. The number of anilines is 6. The maximum Gasteiger partial charge on any atom is 0.0726 e. The van der Waals surface area contributed by atoms with Crippen molar-refractivity contribution in [1.29, 1.82) is 0 Å². The Labute approximate surface area is 642 Å². The Morgan fingerprint density at radius 1 is 0.155 bits per heavy atom. The molecular formula is C107H75N3. The Bertz CT molecular complexity index is 6340. The smallest absolute Gasteiger partial charge is 0.0726 e. The van der Waals surface area contributed by atoms with Crippen LogP contribution in [0.1, 0.15) is 66.8 Å². The van der Waals surface area contributed by atoms with Gasteiger partial charge >= 0.3 is 0 Å². The van der Waals surface area contributed by atoms with Crippen molar-refractivity contribution < 1.29 is 0 Å². The molecule has 0 heterocycles. The molecule has 0 saturated carbocycles. The lowest BCUT2D eigenvalue weighted by Crippen LogP contribution is -2.28. The number of fused-ring (bicyclic) bond motifs is 18. The minimum Gasteiger partial charge on any atom is -0.356 e. The van der Waals surface area contributed by atoms with Gasteiger partial charge in [-0.25, -0.2) is 0 Å². The van der Waals surface area contributed by atoms with Crippen LogP contribution in [0.3, 0.4) is 0 Å². The second-order valence-corrected chi connectivity index (χ2v) is 29.1. The molecule has 4 aliphatic rings. The van der Waals surface area contributed by atoms with Crippen LogP contribution in [0, 0.1) is 0 Å². The van der Waals surface area contributed by atoms with Crippen molar-refractivity contribution >= 4 is 55.7 Å². The molecule has 22 rings (SSSR count). The molecule has 18 aromatic rings. The maximum atomic E-state index is 3.74. The Balaban J connectivity index is 0.000000109. The first-order chi connectivity index (χ1) is 54.5. The summed E-state index contributed by atoms with van der Waals surface area (Å²) in [5, 5.41) is 16.1. The van der Waals surface area contributed by atoms with E-state index in [1.54, 1.807) is 0 Å². The molecule has 1 spiro atoms. The van der Waals surface area contributed by atoms with E-state index in [4.69, 9.17) is 0 Å². The Morgan fingerprint density at radius 3 is 0.891 bits per heavy atom. The molecule has 3 N–H and O–H groups in total. The topological polar surface area (TPSA) is 36.1 Å². The zero-order valence-electron chi connectivity index (χ0n) is 60.6. The highest BCUT2D eigenvalue weighted by Crippen LogP contribution is 2.64. The molecule has 0 amide bonds. The van der Waals surface area contributed by atoms with Gasteiger partial charge in [0.25, 0.3) is 0 Å². The molecule has 518 valence electrons. The molecule has 0 fully saturated rings. The van der Waals surface area contributed by atoms with Gasteiger partial charge in [0.15, 0.2) is 0 Å². The standard InChI is InChI=1S/C41H29N.C35H25N.C31H21N/c1-3-13-33(14-4-1)41(34-15-5-2-6-16-34)39-18-10-9-17-37(39)38-26-25-36(28-40(38)41)42-35-23-21-30(22-24-35)32-20-19-29-11-7-8-12-31(29)27-32;1-3-14-26(15-4-1)35(27-16-5-2-6-17-27)32-20-10-9-19-30(32)31-23-22-28(24-33(31)35)36-34-21-11-13-25-12-7-8-18-29(25)34;1-2-10-21(11-3-1)32-22-18-19-26-25-14-6-9-17-29(25)31(30(26)20-22)27-15-7-4-12-23(27)24-13-5-8-16-28(24)31/h1-28,42H;1-24,36H;1-20,32H. The maximum absolute atomic E-state index is 3.74. The number of hydrogen-bond donors (Lipinski definition) is 3. The SMILES string of the molecule is c1ccc(C2(c3ccccc3)c3ccccc3-c3ccc(Nc4ccc(-c5ccc6ccccc6c5)cc4)cc32)cc1.c1ccc(C2(c3ccccc3)c3ccccc3-c3ccc(Nc4cccc5ccccc45)cc32)cc1.c1ccc(Nc2ccc3c(c2)C2(c4ccccc4-c4ccccc42)c2ccccc2-3)cc1. The van der Waals surface area contributed by atoms with E-state index in [0.717, 1.165) is 34.1 Å². The van der Waals surface area contributed by atoms with Crippen LogP contribution in [-0.4, -0.2) is 0 Å². The van der Waals surface area contributed by atoms with Crippen LogP contribution < -0.4 is 16.0 Å². The highest BCUT2D eigenvalue weighted by Gasteiger charge is 2.52. The van der Waals surface area contributed by atoms with E-state index in [9.17, 15) is 0 Å². The molecule has 3 heteroatoms. The molecule has 0 atom stereocenters. The number of nitrogens with one attached hydrogen (secondary N) is 3. The van der Waals surface area contributed by atoms with Crippen molar-refractivity contribution in [3.63, 3.8) is 0 Å². The molecule has 0 radical (unpaired) electrons. The predicted octanol–water partition coefficient (Wildman–Crippen LogP) is 27.3. The van der Waals surface area contributed by atoms with Gasteiger partial charge in [-0.1, -0.05) is 364 Å². The molecule has 0 unspecified atom stereocenters. The fourth-order valence-corrected chi connectivity index (χ4v) is 18.7. The van der Waals surface area contributed by atoms with Gasteiger partial charge in [0, 0.05) is 39.5 Å². The number of para-hydroxylation sites is 1. The van der Waals surface area contributed by atoms with E-state index in [0.29, 0.717) is 0 Å². The van der Waals surface area contributed by atoms with E-state index < -0.39 is 5.41 Å². The summed E-state index contributed by atoms with van der Waals surface area (Å²) in [5.74, 6) is 0. The molecule has 4 aliphatic carbocycles. The van der Waals surface area contributed by atoms with Gasteiger partial charge in [-0.2, -0.15) is 0 Å². The third kappa shape index (κ3) is 10.7. The van der Waals surface area contributed by atoms with Crippen LogP contribution in [0.25, 0.3) is 77.2 Å². The molecular weight excluding hydrogens is 1330 g/mol. The van der Waals surface area contributed by atoms with Crippen LogP contribution in [0.15, 0.2) is 437 Å². The Morgan fingerprint density at radius 2 is 0.455 bits per heavy atom. The van der Waals surface area contributed by atoms with Crippen molar-refractivity contribution in [1.82, 2.24) is 0 Å². The number of rotatable bonds is 11. The number of hydrogen-bond acceptors (Lipinski definition) is 3. The van der Waals surface area contributed by atoms with Gasteiger partial charge in [-0.3, -0.25) is 0 Å². The van der Waals surface area contributed by atoms with Crippen molar-refractivity contribution in [3.8, 4) is 55.6 Å². The predicted molar refractivity (Wildman–Crippen MR) is 460 cm³/mol. The summed E-state index contributed by atoms with van der Waals surface area (Å²) in [6.45, 7) is 0. The van der Waals surface area contributed by atoms with Gasteiger partial charge in [0.05, 0.1) is 16.2 Å². The molecule has 0 saturated heterocycles. The summed E-state index contributed by atoms with van der Waals surface area (Å²) >= 11 is 0. The number of benzene rings is 18. The van der Waals surface area contributed by atoms with Gasteiger partial charge in [0.1, 0.15) is 0 Å². The van der Waals surface area contributed by atoms with Crippen LogP contribution in [-0.2, 0) is 16.2 Å². The van der Waals surface area contributed by atoms with E-state index >= 15 is 0 Å². The van der Waals surface area contributed by atoms with Crippen LogP contribution in [0.2, 0.25) is 0 Å². The van der Waals surface area contributed by atoms with Crippen molar-refractivity contribution in [3.05, 3.63) is 504 Å². The highest BCUT2D eigenvalue weighted by molar-refractivity contribution is 5.99. The summed E-state index contributed by atoms with van der Waals surface area (Å²) in [6, 6.07) is 158. The van der Waals surface area contributed by atoms with Crippen LogP contribution >= 0.6 is 0 Å². The summed E-state index contributed by atoms with van der Waals surface area (Å²) in [5.41, 5.74) is 34.4. The summed E-state index contributed by atoms with van der Waals surface area (Å²) in [6.07, 6.45) is 0. The zero-order valence-corrected chi connectivity index (χ0v) is 60.6. The lowest BCUT2D eigenvalue weighted by atomic mass is 9.67. The first-order valence-corrected chi connectivity index (χ1v) is 38.1. The average molecular weight is 1400 g/mol. The lowest BCUT2D eigenvalue weighted by molar-refractivity contribution is 0.769. The first kappa shape index (κ1) is 65.4. The van der Waals surface area contributed by atoms with Gasteiger partial charge in [0.2, 0.25) is 0 Å². The fraction of sp³-hybridized carbons (Fsp3) is 0.0280. The molecule has 110 heavy (non-hydrogen) atoms.